The molecule has 0 radical (unpaired) electrons. The number of carbonyl (C=O) groups is 1. The average molecular weight is 346 g/mol. The standard InChI is InChI=1S/C19H30N4O2/c1-3-16(4-2)17(24)22-10-6-19(7-11-22)14-23(12-13-25-15-19)18-20-8-5-9-21-18/h5,8-9,16H,3-4,6-7,10-15H2,1-2H3. The molecule has 0 aromatic carbocycles. The van der Waals surface area contributed by atoms with E-state index in [1.54, 1.807) is 12.4 Å². The maximum absolute atomic E-state index is 12.6. The number of amides is 1. The summed E-state index contributed by atoms with van der Waals surface area (Å²) < 4.78 is 5.92. The normalized spacial score (nSPS) is 20.8. The number of hydrogen-bond acceptors (Lipinski definition) is 5. The highest BCUT2D eigenvalue weighted by Crippen LogP contribution is 2.35. The van der Waals surface area contributed by atoms with Crippen LogP contribution in [0.25, 0.3) is 0 Å². The van der Waals surface area contributed by atoms with Gasteiger partial charge in [0.05, 0.1) is 13.2 Å². The Hall–Kier alpha value is -1.69. The third kappa shape index (κ3) is 4.11. The smallest absolute Gasteiger partial charge is 0.225 e. The van der Waals surface area contributed by atoms with Gasteiger partial charge < -0.3 is 14.5 Å². The minimum absolute atomic E-state index is 0.0976. The predicted octanol–water partition coefficient (Wildman–Crippen LogP) is 2.36. The van der Waals surface area contributed by atoms with Crippen LogP contribution in [0.2, 0.25) is 0 Å². The Morgan fingerprint density at radius 1 is 1.20 bits per heavy atom. The van der Waals surface area contributed by atoms with Crippen LogP contribution < -0.4 is 4.90 Å². The molecule has 0 unspecified atom stereocenters. The van der Waals surface area contributed by atoms with Crippen molar-refractivity contribution in [3.63, 3.8) is 0 Å². The molecule has 2 aliphatic rings. The summed E-state index contributed by atoms with van der Waals surface area (Å²) in [6, 6.07) is 1.84. The minimum atomic E-state index is 0.0976. The summed E-state index contributed by atoms with van der Waals surface area (Å²) in [4.78, 5) is 25.8. The van der Waals surface area contributed by atoms with Crippen molar-refractivity contribution in [3.8, 4) is 0 Å². The van der Waals surface area contributed by atoms with Crippen molar-refractivity contribution in [3.05, 3.63) is 18.5 Å². The second-order valence-electron chi connectivity index (χ2n) is 7.36. The van der Waals surface area contributed by atoms with Gasteiger partial charge in [-0.1, -0.05) is 13.8 Å². The van der Waals surface area contributed by atoms with Crippen LogP contribution in [-0.4, -0.2) is 60.2 Å². The van der Waals surface area contributed by atoms with E-state index in [1.807, 2.05) is 6.07 Å². The van der Waals surface area contributed by atoms with E-state index in [4.69, 9.17) is 4.74 Å². The molecule has 2 aliphatic heterocycles. The van der Waals surface area contributed by atoms with Gasteiger partial charge in [0.2, 0.25) is 11.9 Å². The predicted molar refractivity (Wildman–Crippen MR) is 97.4 cm³/mol. The van der Waals surface area contributed by atoms with Crippen molar-refractivity contribution >= 4 is 11.9 Å². The summed E-state index contributed by atoms with van der Waals surface area (Å²) >= 11 is 0. The van der Waals surface area contributed by atoms with Crippen LogP contribution in [-0.2, 0) is 9.53 Å². The summed E-state index contributed by atoms with van der Waals surface area (Å²) in [6.07, 6.45) is 7.41. The van der Waals surface area contributed by atoms with Gasteiger partial charge in [0.1, 0.15) is 0 Å². The van der Waals surface area contributed by atoms with Gasteiger partial charge in [-0.05, 0) is 31.7 Å². The first kappa shape index (κ1) is 18.1. The fourth-order valence-electron chi connectivity index (χ4n) is 4.02. The Labute approximate surface area is 150 Å². The highest BCUT2D eigenvalue weighted by molar-refractivity contribution is 5.78. The summed E-state index contributed by atoms with van der Waals surface area (Å²) in [5.41, 5.74) is 0.0976. The Bertz CT molecular complexity index is 554. The minimum Gasteiger partial charge on any atom is -0.379 e. The quantitative estimate of drug-likeness (QED) is 0.838. The van der Waals surface area contributed by atoms with Gasteiger partial charge in [0.25, 0.3) is 0 Å². The van der Waals surface area contributed by atoms with Crippen LogP contribution >= 0.6 is 0 Å². The van der Waals surface area contributed by atoms with Gasteiger partial charge in [0.15, 0.2) is 0 Å². The summed E-state index contributed by atoms with van der Waals surface area (Å²) in [7, 11) is 0. The van der Waals surface area contributed by atoms with Crippen molar-refractivity contribution in [1.82, 2.24) is 14.9 Å². The van der Waals surface area contributed by atoms with Crippen LogP contribution in [0.4, 0.5) is 5.95 Å². The third-order valence-corrected chi connectivity index (χ3v) is 5.75. The summed E-state index contributed by atoms with van der Waals surface area (Å²) in [5.74, 6) is 1.29. The van der Waals surface area contributed by atoms with E-state index < -0.39 is 0 Å². The summed E-state index contributed by atoms with van der Waals surface area (Å²) in [6.45, 7) is 9.08. The number of aromatic nitrogens is 2. The largest absolute Gasteiger partial charge is 0.379 e. The lowest BCUT2D eigenvalue weighted by atomic mass is 9.78. The van der Waals surface area contributed by atoms with Crippen molar-refractivity contribution in [2.75, 3.05) is 44.3 Å². The van der Waals surface area contributed by atoms with Crippen molar-refractivity contribution in [2.24, 2.45) is 11.3 Å². The number of piperidine rings is 1. The maximum atomic E-state index is 12.6. The SMILES string of the molecule is CCC(CC)C(=O)N1CCC2(CC1)COCCN(c1ncccn1)C2. The number of rotatable bonds is 4. The second-order valence-corrected chi connectivity index (χ2v) is 7.36. The number of nitrogens with zero attached hydrogens (tertiary/aromatic N) is 4. The van der Waals surface area contributed by atoms with Crippen LogP contribution in [0.5, 0.6) is 0 Å². The molecule has 138 valence electrons. The third-order valence-electron chi connectivity index (χ3n) is 5.75. The lowest BCUT2D eigenvalue weighted by molar-refractivity contribution is -0.138. The lowest BCUT2D eigenvalue weighted by Gasteiger charge is -2.43. The summed E-state index contributed by atoms with van der Waals surface area (Å²) in [5, 5.41) is 0. The molecule has 1 aromatic heterocycles. The monoisotopic (exact) mass is 346 g/mol. The second kappa shape index (κ2) is 8.13. The Morgan fingerprint density at radius 3 is 2.52 bits per heavy atom. The van der Waals surface area contributed by atoms with Crippen LogP contribution in [0.15, 0.2) is 18.5 Å². The Balaban J connectivity index is 1.65. The highest BCUT2D eigenvalue weighted by Gasteiger charge is 2.40. The molecule has 0 bridgehead atoms. The molecule has 2 saturated heterocycles. The molecule has 1 amide bonds. The zero-order valence-electron chi connectivity index (χ0n) is 15.5. The van der Waals surface area contributed by atoms with Crippen molar-refractivity contribution in [2.45, 2.75) is 39.5 Å². The Kier molecular flexibility index (Phi) is 5.89. The molecule has 1 spiro atoms. The molecule has 0 N–H and O–H groups in total. The number of carbonyl (C=O) groups excluding carboxylic acids is 1. The van der Waals surface area contributed by atoms with Gasteiger partial charge in [-0.2, -0.15) is 0 Å². The van der Waals surface area contributed by atoms with Gasteiger partial charge >= 0.3 is 0 Å². The molecule has 2 fully saturated rings. The zero-order valence-corrected chi connectivity index (χ0v) is 15.5. The molecule has 0 aliphatic carbocycles. The van der Waals surface area contributed by atoms with Crippen molar-refractivity contribution in [1.29, 1.82) is 0 Å². The molecule has 6 nitrogen and oxygen atoms in total. The molecule has 3 rings (SSSR count). The van der Waals surface area contributed by atoms with Gasteiger partial charge in [0, 0.05) is 49.9 Å². The van der Waals surface area contributed by atoms with E-state index in [0.717, 1.165) is 64.4 Å². The van der Waals surface area contributed by atoms with E-state index in [2.05, 4.69) is 33.6 Å². The molecule has 1 aromatic rings. The first-order valence-corrected chi connectivity index (χ1v) is 9.56. The molecule has 6 heteroatoms. The average Bonchev–Trinajstić information content (AvgIpc) is 2.87. The lowest BCUT2D eigenvalue weighted by Crippen LogP contribution is -2.50. The molecule has 3 heterocycles. The van der Waals surface area contributed by atoms with E-state index in [1.165, 1.54) is 0 Å². The Morgan fingerprint density at radius 2 is 1.88 bits per heavy atom. The molecule has 0 atom stereocenters. The first-order chi connectivity index (χ1) is 12.2. The number of hydrogen-bond donors (Lipinski definition) is 0. The molecular formula is C19H30N4O2. The van der Waals surface area contributed by atoms with E-state index in [9.17, 15) is 4.79 Å². The number of likely N-dealkylation sites (tertiary alicyclic amines) is 1. The highest BCUT2D eigenvalue weighted by atomic mass is 16.5. The first-order valence-electron chi connectivity index (χ1n) is 9.56. The van der Waals surface area contributed by atoms with E-state index in [0.29, 0.717) is 12.5 Å². The van der Waals surface area contributed by atoms with E-state index >= 15 is 0 Å². The molecule has 25 heavy (non-hydrogen) atoms. The molecule has 0 saturated carbocycles. The van der Waals surface area contributed by atoms with Gasteiger partial charge in [-0.25, -0.2) is 9.97 Å². The van der Waals surface area contributed by atoms with E-state index in [-0.39, 0.29) is 11.3 Å². The van der Waals surface area contributed by atoms with Crippen LogP contribution in [0, 0.1) is 11.3 Å². The van der Waals surface area contributed by atoms with Crippen LogP contribution in [0.3, 0.4) is 0 Å². The number of ether oxygens (including phenoxy) is 1. The van der Waals surface area contributed by atoms with Crippen LogP contribution in [0.1, 0.15) is 39.5 Å². The fourth-order valence-corrected chi connectivity index (χ4v) is 4.02. The number of anilines is 1. The van der Waals surface area contributed by atoms with Gasteiger partial charge in [-0.3, -0.25) is 4.79 Å². The maximum Gasteiger partial charge on any atom is 0.225 e. The zero-order chi connectivity index (χ0) is 17.7. The molecular weight excluding hydrogens is 316 g/mol. The fraction of sp³-hybridized carbons (Fsp3) is 0.737. The topological polar surface area (TPSA) is 58.6 Å². The van der Waals surface area contributed by atoms with Gasteiger partial charge in [-0.15, -0.1) is 0 Å². The van der Waals surface area contributed by atoms with Crippen molar-refractivity contribution < 1.29 is 9.53 Å².